The number of nitrogens with zero attached hydrogens (tertiary/aromatic N) is 1. The van der Waals surface area contributed by atoms with Gasteiger partial charge >= 0.3 is 0 Å². The van der Waals surface area contributed by atoms with Crippen LogP contribution in [0.15, 0.2) is 66.1 Å². The second-order valence-electron chi connectivity index (χ2n) is 8.57. The third-order valence-electron chi connectivity index (χ3n) is 5.96. The van der Waals surface area contributed by atoms with Crippen molar-refractivity contribution in [1.82, 2.24) is 14.9 Å². The average molecular weight is 504 g/mol. The summed E-state index contributed by atoms with van der Waals surface area (Å²) < 4.78 is 28.2. The van der Waals surface area contributed by atoms with Crippen molar-refractivity contribution in [3.63, 3.8) is 0 Å². The molecule has 0 radical (unpaired) electrons. The summed E-state index contributed by atoms with van der Waals surface area (Å²) in [6, 6.07) is 12.7. The van der Waals surface area contributed by atoms with Crippen molar-refractivity contribution in [3.05, 3.63) is 77.3 Å². The van der Waals surface area contributed by atoms with E-state index in [2.05, 4.69) is 17.2 Å². The van der Waals surface area contributed by atoms with Gasteiger partial charge in [0.2, 0.25) is 15.9 Å². The third-order valence-corrected chi connectivity index (χ3v) is 8.35. The lowest BCUT2D eigenvalue weighted by atomic mass is 9.95. The molecule has 3 rings (SSSR count). The Bertz CT molecular complexity index is 1120. The summed E-state index contributed by atoms with van der Waals surface area (Å²) in [5, 5.41) is 6.37. The fourth-order valence-corrected chi connectivity index (χ4v) is 6.36. The van der Waals surface area contributed by atoms with Gasteiger partial charge in [0, 0.05) is 35.3 Å². The molecule has 7 nitrogen and oxygen atoms in total. The van der Waals surface area contributed by atoms with Crippen LogP contribution in [-0.2, 0) is 21.2 Å². The van der Waals surface area contributed by atoms with Crippen LogP contribution in [0.3, 0.4) is 0 Å². The Morgan fingerprint density at radius 1 is 1.06 bits per heavy atom. The average Bonchev–Trinajstić information content (AvgIpc) is 2.79. The van der Waals surface area contributed by atoms with Crippen LogP contribution < -0.4 is 10.6 Å². The molecule has 0 saturated carbocycles. The van der Waals surface area contributed by atoms with Crippen molar-refractivity contribution in [2.75, 3.05) is 6.54 Å². The van der Waals surface area contributed by atoms with Gasteiger partial charge in [-0.15, -0.1) is 0 Å². The second-order valence-corrected chi connectivity index (χ2v) is 10.9. The fourth-order valence-electron chi connectivity index (χ4n) is 4.39. The maximum atomic E-state index is 13.3. The van der Waals surface area contributed by atoms with Crippen LogP contribution in [0.2, 0.25) is 5.02 Å². The molecule has 1 saturated heterocycles. The maximum Gasteiger partial charge on any atom is 0.251 e. The molecule has 2 aromatic carbocycles. The molecule has 0 aliphatic carbocycles. The van der Waals surface area contributed by atoms with Crippen molar-refractivity contribution < 1.29 is 18.0 Å². The zero-order chi connectivity index (χ0) is 24.9. The zero-order valence-electron chi connectivity index (χ0n) is 19.3. The summed E-state index contributed by atoms with van der Waals surface area (Å²) in [4.78, 5) is 24.2. The first kappa shape index (κ1) is 25.9. The van der Waals surface area contributed by atoms with E-state index in [1.54, 1.807) is 12.1 Å². The minimum absolute atomic E-state index is 0.110. The predicted octanol–water partition coefficient (Wildman–Crippen LogP) is 3.54. The summed E-state index contributed by atoms with van der Waals surface area (Å²) in [5.74, 6) is -0.527. The van der Waals surface area contributed by atoms with Gasteiger partial charge in [-0.05, 0) is 81.1 Å². The zero-order valence-corrected chi connectivity index (χ0v) is 20.9. The number of carbonyl (C=O) groups excluding carboxylic acids is 2. The smallest absolute Gasteiger partial charge is 0.251 e. The van der Waals surface area contributed by atoms with Crippen LogP contribution in [0.1, 0.15) is 42.6 Å². The van der Waals surface area contributed by atoms with Crippen LogP contribution in [0.25, 0.3) is 0 Å². The number of benzene rings is 2. The number of piperidine rings is 1. The Kier molecular flexibility index (Phi) is 8.52. The summed E-state index contributed by atoms with van der Waals surface area (Å²) in [6.07, 6.45) is 2.90. The molecule has 182 valence electrons. The third kappa shape index (κ3) is 6.25. The highest BCUT2D eigenvalue weighted by Crippen LogP contribution is 2.30. The molecule has 2 N–H and O–H groups in total. The Morgan fingerprint density at radius 2 is 1.65 bits per heavy atom. The minimum Gasteiger partial charge on any atom is -0.352 e. The number of sulfonamides is 1. The van der Waals surface area contributed by atoms with Gasteiger partial charge in [-0.2, -0.15) is 4.31 Å². The highest BCUT2D eigenvalue weighted by Gasteiger charge is 2.39. The van der Waals surface area contributed by atoms with E-state index in [0.717, 1.165) is 5.56 Å². The number of carbonyl (C=O) groups is 2. The lowest BCUT2D eigenvalue weighted by molar-refractivity contribution is -0.117. The lowest BCUT2D eigenvalue weighted by Gasteiger charge is -2.41. The molecule has 1 aliphatic rings. The van der Waals surface area contributed by atoms with Gasteiger partial charge in [0.25, 0.3) is 5.91 Å². The van der Waals surface area contributed by atoms with Gasteiger partial charge in [-0.25, -0.2) is 8.42 Å². The van der Waals surface area contributed by atoms with Gasteiger partial charge in [0.15, 0.2) is 0 Å². The van der Waals surface area contributed by atoms with Crippen molar-refractivity contribution in [1.29, 1.82) is 0 Å². The molecule has 34 heavy (non-hydrogen) atoms. The minimum atomic E-state index is -3.76. The molecule has 2 amide bonds. The van der Waals surface area contributed by atoms with Gasteiger partial charge in [-0.1, -0.05) is 30.3 Å². The lowest BCUT2D eigenvalue weighted by Crippen LogP contribution is -2.54. The van der Waals surface area contributed by atoms with Crippen LogP contribution in [0, 0.1) is 0 Å². The van der Waals surface area contributed by atoms with Crippen LogP contribution in [-0.4, -0.2) is 49.2 Å². The topological polar surface area (TPSA) is 95.6 Å². The largest absolute Gasteiger partial charge is 0.352 e. The maximum absolute atomic E-state index is 13.3. The Labute approximate surface area is 206 Å². The quantitative estimate of drug-likeness (QED) is 0.538. The van der Waals surface area contributed by atoms with E-state index in [0.29, 0.717) is 36.4 Å². The van der Waals surface area contributed by atoms with Gasteiger partial charge < -0.3 is 10.6 Å². The summed E-state index contributed by atoms with van der Waals surface area (Å²) in [7, 11) is -3.76. The molecule has 0 bridgehead atoms. The predicted molar refractivity (Wildman–Crippen MR) is 133 cm³/mol. The Morgan fingerprint density at radius 3 is 2.21 bits per heavy atom. The standard InChI is InChI=1S/C25H30ClN3O4S/c1-4-24(30)28-22-15-17(2)29(18(3)16-22)34(32,33)23-11-7-20(8-12-23)25(31)27-14-13-19-5-9-21(26)10-6-19/h4-12,17-18,22H,1,13-16H2,2-3H3,(H,27,31)(H,28,30). The highest BCUT2D eigenvalue weighted by molar-refractivity contribution is 7.89. The number of hydrogen-bond donors (Lipinski definition) is 2. The van der Waals surface area contributed by atoms with Crippen molar-refractivity contribution in [2.45, 2.75) is 56.1 Å². The Hall–Kier alpha value is -2.68. The number of halogens is 1. The normalized spacial score (nSPS) is 21.0. The Balaban J connectivity index is 1.62. The van der Waals surface area contributed by atoms with Crippen LogP contribution in [0.4, 0.5) is 0 Å². The van der Waals surface area contributed by atoms with Gasteiger partial charge in [0.05, 0.1) is 4.90 Å². The first-order valence-electron chi connectivity index (χ1n) is 11.2. The van der Waals surface area contributed by atoms with E-state index in [9.17, 15) is 18.0 Å². The monoisotopic (exact) mass is 503 g/mol. The van der Waals surface area contributed by atoms with E-state index in [4.69, 9.17) is 11.6 Å². The molecule has 1 fully saturated rings. The first-order valence-corrected chi connectivity index (χ1v) is 13.0. The van der Waals surface area contributed by atoms with Crippen molar-refractivity contribution in [2.24, 2.45) is 0 Å². The summed E-state index contributed by atoms with van der Waals surface area (Å²) >= 11 is 5.88. The molecule has 1 heterocycles. The van der Waals surface area contributed by atoms with Gasteiger partial charge in [0.1, 0.15) is 0 Å². The van der Waals surface area contributed by atoms with E-state index in [1.165, 1.54) is 34.6 Å². The van der Waals surface area contributed by atoms with E-state index in [1.807, 2.05) is 26.0 Å². The van der Waals surface area contributed by atoms with Gasteiger partial charge in [-0.3, -0.25) is 9.59 Å². The molecule has 0 spiro atoms. The highest BCUT2D eigenvalue weighted by atomic mass is 35.5. The molecule has 2 atom stereocenters. The molecular formula is C25H30ClN3O4S. The van der Waals surface area contributed by atoms with E-state index >= 15 is 0 Å². The molecule has 2 unspecified atom stereocenters. The molecular weight excluding hydrogens is 474 g/mol. The number of rotatable bonds is 8. The van der Waals surface area contributed by atoms with Crippen molar-refractivity contribution in [3.8, 4) is 0 Å². The second kappa shape index (κ2) is 11.2. The summed E-state index contributed by atoms with van der Waals surface area (Å²) in [6.45, 7) is 7.58. The number of nitrogens with one attached hydrogen (secondary N) is 2. The summed E-state index contributed by atoms with van der Waals surface area (Å²) in [5.41, 5.74) is 1.45. The number of hydrogen-bond acceptors (Lipinski definition) is 4. The van der Waals surface area contributed by atoms with Crippen LogP contribution in [0.5, 0.6) is 0 Å². The van der Waals surface area contributed by atoms with E-state index in [-0.39, 0.29) is 34.8 Å². The fraction of sp³-hybridized carbons (Fsp3) is 0.360. The molecule has 2 aromatic rings. The molecule has 1 aliphatic heterocycles. The number of amides is 2. The molecule has 0 aromatic heterocycles. The van der Waals surface area contributed by atoms with Crippen molar-refractivity contribution >= 4 is 33.4 Å². The molecule has 9 heteroatoms. The van der Waals surface area contributed by atoms with Crippen LogP contribution >= 0.6 is 11.6 Å². The van der Waals surface area contributed by atoms with E-state index < -0.39 is 10.0 Å². The first-order chi connectivity index (χ1) is 16.1. The SMILES string of the molecule is C=CC(=O)NC1CC(C)N(S(=O)(=O)c2ccc(C(=O)NCCc3ccc(Cl)cc3)cc2)C(C)C1.